The van der Waals surface area contributed by atoms with Crippen LogP contribution in [-0.4, -0.2) is 35.3 Å². The lowest BCUT2D eigenvalue weighted by atomic mass is 10.1. The van der Waals surface area contributed by atoms with Gasteiger partial charge in [0.15, 0.2) is 5.82 Å². The number of thioether (sulfide) groups is 1. The molecular weight excluding hydrogens is 244 g/mol. The van der Waals surface area contributed by atoms with E-state index < -0.39 is 0 Å². The van der Waals surface area contributed by atoms with Crippen LogP contribution in [0, 0.1) is 13.8 Å². The quantitative estimate of drug-likeness (QED) is 0.856. The lowest BCUT2D eigenvalue weighted by Crippen LogP contribution is -2.32. The van der Waals surface area contributed by atoms with E-state index in [0.29, 0.717) is 12.6 Å². The third-order valence-electron chi connectivity index (χ3n) is 3.50. The molecule has 0 aliphatic carbocycles. The van der Waals surface area contributed by atoms with Gasteiger partial charge in [-0.15, -0.1) is 5.10 Å². The van der Waals surface area contributed by atoms with Gasteiger partial charge in [-0.2, -0.15) is 16.9 Å². The van der Waals surface area contributed by atoms with Crippen LogP contribution < -0.4 is 10.6 Å². The van der Waals surface area contributed by atoms with Crippen molar-refractivity contribution in [1.82, 2.24) is 10.2 Å². The molecule has 1 aromatic rings. The smallest absolute Gasteiger partial charge is 0.156 e. The molecule has 0 radical (unpaired) electrons. The molecule has 4 nitrogen and oxygen atoms in total. The first-order valence-electron chi connectivity index (χ1n) is 6.27. The van der Waals surface area contributed by atoms with Crippen LogP contribution in [0.15, 0.2) is 0 Å². The molecule has 0 saturated carbocycles. The summed E-state index contributed by atoms with van der Waals surface area (Å²) in [7, 11) is 2.07. The summed E-state index contributed by atoms with van der Waals surface area (Å²) in [5.74, 6) is 2.08. The van der Waals surface area contributed by atoms with E-state index in [1.807, 2.05) is 18.7 Å². The Balaban J connectivity index is 2.98. The molecule has 1 atom stereocenters. The zero-order valence-corrected chi connectivity index (χ0v) is 12.8. The fourth-order valence-electron chi connectivity index (χ4n) is 1.86. The van der Waals surface area contributed by atoms with Crippen molar-refractivity contribution < 1.29 is 0 Å². The van der Waals surface area contributed by atoms with E-state index in [1.54, 1.807) is 0 Å². The minimum Gasteiger partial charge on any atom is -0.355 e. The van der Waals surface area contributed by atoms with E-state index in [0.717, 1.165) is 34.8 Å². The number of nitrogens with zero attached hydrogens (tertiary/aromatic N) is 3. The van der Waals surface area contributed by atoms with Crippen LogP contribution in [0.3, 0.4) is 0 Å². The molecule has 2 N–H and O–H groups in total. The molecule has 1 heterocycles. The third-order valence-corrected chi connectivity index (χ3v) is 4.14. The van der Waals surface area contributed by atoms with E-state index in [-0.39, 0.29) is 0 Å². The van der Waals surface area contributed by atoms with E-state index in [9.17, 15) is 0 Å². The van der Waals surface area contributed by atoms with E-state index in [2.05, 4.69) is 42.2 Å². The number of aromatic nitrogens is 2. The second-order valence-corrected chi connectivity index (χ2v) is 5.64. The van der Waals surface area contributed by atoms with Gasteiger partial charge >= 0.3 is 0 Å². The molecule has 1 unspecified atom stereocenters. The van der Waals surface area contributed by atoms with Gasteiger partial charge in [0.2, 0.25) is 0 Å². The predicted molar refractivity (Wildman–Crippen MR) is 80.3 cm³/mol. The monoisotopic (exact) mass is 268 g/mol. The SMILES string of the molecule is CSCCC(C)N(C)c1nnc(C)c(C)c1CN. The molecule has 0 aromatic carbocycles. The number of hydrogen-bond donors (Lipinski definition) is 1. The second-order valence-electron chi connectivity index (χ2n) is 4.66. The standard InChI is InChI=1S/C13H24N4S/c1-9(6-7-18-5)17(4)13-12(8-14)10(2)11(3)15-16-13/h9H,6-8,14H2,1-5H3. The van der Waals surface area contributed by atoms with Gasteiger partial charge in [0, 0.05) is 25.2 Å². The zero-order chi connectivity index (χ0) is 13.7. The summed E-state index contributed by atoms with van der Waals surface area (Å²) < 4.78 is 0. The van der Waals surface area contributed by atoms with Crippen LogP contribution in [-0.2, 0) is 6.54 Å². The lowest BCUT2D eigenvalue weighted by Gasteiger charge is -2.28. The fourth-order valence-corrected chi connectivity index (χ4v) is 2.44. The van der Waals surface area contributed by atoms with Gasteiger partial charge in [0.1, 0.15) is 0 Å². The Morgan fingerprint density at radius 1 is 1.33 bits per heavy atom. The molecule has 5 heteroatoms. The molecule has 0 fully saturated rings. The van der Waals surface area contributed by atoms with Crippen molar-refractivity contribution in [3.05, 3.63) is 16.8 Å². The van der Waals surface area contributed by atoms with Crippen LogP contribution in [0.4, 0.5) is 5.82 Å². The highest BCUT2D eigenvalue weighted by Gasteiger charge is 2.17. The van der Waals surface area contributed by atoms with Crippen molar-refractivity contribution in [2.45, 2.75) is 39.8 Å². The number of hydrogen-bond acceptors (Lipinski definition) is 5. The molecule has 1 aromatic heterocycles. The third kappa shape index (κ3) is 3.36. The summed E-state index contributed by atoms with van der Waals surface area (Å²) in [6, 6.07) is 0.444. The maximum atomic E-state index is 5.86. The van der Waals surface area contributed by atoms with E-state index in [1.165, 1.54) is 0 Å². The molecule has 102 valence electrons. The average Bonchev–Trinajstić information content (AvgIpc) is 2.38. The molecule has 0 saturated heterocycles. The summed E-state index contributed by atoms with van der Waals surface area (Å²) in [6.07, 6.45) is 3.27. The zero-order valence-electron chi connectivity index (χ0n) is 12.0. The van der Waals surface area contributed by atoms with E-state index in [4.69, 9.17) is 5.73 Å². The maximum absolute atomic E-state index is 5.86. The number of nitrogens with two attached hydrogens (primary N) is 1. The van der Waals surface area contributed by atoms with Crippen molar-refractivity contribution in [3.8, 4) is 0 Å². The highest BCUT2D eigenvalue weighted by atomic mass is 32.2. The van der Waals surface area contributed by atoms with Gasteiger partial charge in [-0.1, -0.05) is 0 Å². The first-order valence-corrected chi connectivity index (χ1v) is 7.66. The van der Waals surface area contributed by atoms with Crippen molar-refractivity contribution in [3.63, 3.8) is 0 Å². The first-order chi connectivity index (χ1) is 8.52. The van der Waals surface area contributed by atoms with Gasteiger partial charge in [-0.05, 0) is 44.8 Å². The van der Waals surface area contributed by atoms with Gasteiger partial charge in [-0.3, -0.25) is 0 Å². The fraction of sp³-hybridized carbons (Fsp3) is 0.692. The van der Waals surface area contributed by atoms with Gasteiger partial charge in [0.25, 0.3) is 0 Å². The summed E-state index contributed by atoms with van der Waals surface area (Å²) in [5, 5.41) is 8.55. The number of rotatable bonds is 6. The summed E-state index contributed by atoms with van der Waals surface area (Å²) in [6.45, 7) is 6.77. The topological polar surface area (TPSA) is 55.0 Å². The lowest BCUT2D eigenvalue weighted by molar-refractivity contribution is 0.651. The average molecular weight is 268 g/mol. The highest BCUT2D eigenvalue weighted by Crippen LogP contribution is 2.23. The first kappa shape index (κ1) is 15.2. The van der Waals surface area contributed by atoms with Crippen molar-refractivity contribution in [2.24, 2.45) is 5.73 Å². The summed E-state index contributed by atoms with van der Waals surface area (Å²) >= 11 is 1.87. The Kier molecular flexibility index (Phi) is 5.88. The predicted octanol–water partition coefficient (Wildman–Crippen LogP) is 2.13. The molecule has 0 spiro atoms. The molecule has 0 aliphatic rings. The Morgan fingerprint density at radius 2 is 2.00 bits per heavy atom. The van der Waals surface area contributed by atoms with Crippen LogP contribution in [0.1, 0.15) is 30.2 Å². The maximum Gasteiger partial charge on any atom is 0.156 e. The minimum absolute atomic E-state index is 0.444. The Hall–Kier alpha value is -0.810. The molecule has 18 heavy (non-hydrogen) atoms. The molecular formula is C13H24N4S. The minimum atomic E-state index is 0.444. The molecule has 1 rings (SSSR count). The van der Waals surface area contributed by atoms with Crippen molar-refractivity contribution in [1.29, 1.82) is 0 Å². The van der Waals surface area contributed by atoms with Crippen molar-refractivity contribution in [2.75, 3.05) is 24.0 Å². The van der Waals surface area contributed by atoms with Crippen LogP contribution in [0.2, 0.25) is 0 Å². The van der Waals surface area contributed by atoms with Crippen LogP contribution in [0.5, 0.6) is 0 Å². The Labute approximate surface area is 114 Å². The van der Waals surface area contributed by atoms with Gasteiger partial charge in [-0.25, -0.2) is 0 Å². The second kappa shape index (κ2) is 6.95. The summed E-state index contributed by atoms with van der Waals surface area (Å²) in [4.78, 5) is 2.19. The van der Waals surface area contributed by atoms with Crippen LogP contribution in [0.25, 0.3) is 0 Å². The van der Waals surface area contributed by atoms with Gasteiger partial charge in [0.05, 0.1) is 5.69 Å². The Bertz CT molecular complexity index is 395. The Morgan fingerprint density at radius 3 is 2.56 bits per heavy atom. The highest BCUT2D eigenvalue weighted by molar-refractivity contribution is 7.98. The normalized spacial score (nSPS) is 12.6. The van der Waals surface area contributed by atoms with E-state index >= 15 is 0 Å². The number of aryl methyl sites for hydroxylation is 1. The molecule has 0 amide bonds. The van der Waals surface area contributed by atoms with Crippen LogP contribution >= 0.6 is 11.8 Å². The molecule has 0 bridgehead atoms. The van der Waals surface area contributed by atoms with Gasteiger partial charge < -0.3 is 10.6 Å². The summed E-state index contributed by atoms with van der Waals surface area (Å²) in [5.41, 5.74) is 9.09. The largest absolute Gasteiger partial charge is 0.355 e. The number of anilines is 1. The van der Waals surface area contributed by atoms with Crippen molar-refractivity contribution >= 4 is 17.6 Å². The molecule has 0 aliphatic heterocycles.